The second kappa shape index (κ2) is 5.81. The van der Waals surface area contributed by atoms with E-state index < -0.39 is 6.10 Å². The number of nitrogens with two attached hydrogens (primary N) is 1. The van der Waals surface area contributed by atoms with Crippen molar-refractivity contribution in [2.45, 2.75) is 33.0 Å². The van der Waals surface area contributed by atoms with E-state index in [0.29, 0.717) is 13.1 Å². The fourth-order valence-corrected chi connectivity index (χ4v) is 2.62. The molecule has 2 aromatic carbocycles. The van der Waals surface area contributed by atoms with Crippen molar-refractivity contribution in [1.29, 1.82) is 0 Å². The molecule has 2 aromatic rings. The lowest BCUT2D eigenvalue weighted by Crippen LogP contribution is -2.44. The highest BCUT2D eigenvalue weighted by Gasteiger charge is 2.31. The van der Waals surface area contributed by atoms with Gasteiger partial charge in [-0.2, -0.15) is 0 Å². The Morgan fingerprint density at radius 2 is 1.82 bits per heavy atom. The molecule has 1 amide bonds. The minimum atomic E-state index is -0.471. The smallest absolute Gasteiger partial charge is 0.268 e. The second-order valence-electron chi connectivity index (χ2n) is 5.68. The van der Waals surface area contributed by atoms with E-state index in [-0.39, 0.29) is 5.91 Å². The average Bonchev–Trinajstić information content (AvgIpc) is 2.53. The second-order valence-corrected chi connectivity index (χ2v) is 5.68. The van der Waals surface area contributed by atoms with Crippen LogP contribution in [0.15, 0.2) is 42.5 Å². The lowest BCUT2D eigenvalue weighted by Gasteiger charge is -2.33. The Balaban J connectivity index is 1.98. The normalized spacial score (nSPS) is 17.1. The van der Waals surface area contributed by atoms with Crippen LogP contribution in [0, 0.1) is 6.92 Å². The molecule has 4 nitrogen and oxygen atoms in total. The molecule has 1 unspecified atom stereocenters. The number of nitrogens with zero attached hydrogens (tertiary/aromatic N) is 1. The number of amides is 1. The zero-order valence-electron chi connectivity index (χ0n) is 12.9. The Labute approximate surface area is 130 Å². The maximum absolute atomic E-state index is 12.5. The highest BCUT2D eigenvalue weighted by Crippen LogP contribution is 2.35. The van der Waals surface area contributed by atoms with Gasteiger partial charge in [0.1, 0.15) is 5.75 Å². The number of rotatable bonds is 3. The van der Waals surface area contributed by atoms with Crippen molar-refractivity contribution >= 4 is 11.6 Å². The molecule has 114 valence electrons. The van der Waals surface area contributed by atoms with Gasteiger partial charge in [-0.05, 0) is 37.1 Å². The molecule has 0 bridgehead atoms. The first-order valence-corrected chi connectivity index (χ1v) is 7.45. The molecule has 0 aromatic heterocycles. The molecule has 0 fully saturated rings. The molecule has 0 radical (unpaired) electrons. The van der Waals surface area contributed by atoms with Crippen LogP contribution in [0.1, 0.15) is 23.6 Å². The SMILES string of the molecule is Cc1ccc(CN2C(=O)C(C)Oc3ccc(CN)cc32)cc1. The number of benzene rings is 2. The summed E-state index contributed by atoms with van der Waals surface area (Å²) in [4.78, 5) is 14.3. The summed E-state index contributed by atoms with van der Waals surface area (Å²) in [7, 11) is 0. The molecule has 1 aliphatic rings. The third-order valence-corrected chi connectivity index (χ3v) is 3.93. The standard InChI is InChI=1S/C18H20N2O2/c1-12-3-5-14(6-4-12)11-20-16-9-15(10-19)7-8-17(16)22-13(2)18(20)21/h3-9,13H,10-11,19H2,1-2H3. The summed E-state index contributed by atoms with van der Waals surface area (Å²) in [6, 6.07) is 14.0. The van der Waals surface area contributed by atoms with Crippen molar-refractivity contribution in [3.8, 4) is 5.75 Å². The summed E-state index contributed by atoms with van der Waals surface area (Å²) in [5, 5.41) is 0. The van der Waals surface area contributed by atoms with Gasteiger partial charge < -0.3 is 15.4 Å². The molecule has 0 saturated carbocycles. The first kappa shape index (κ1) is 14.6. The maximum atomic E-state index is 12.5. The molecule has 3 rings (SSSR count). The third-order valence-electron chi connectivity index (χ3n) is 3.93. The van der Waals surface area contributed by atoms with Crippen LogP contribution in [0.5, 0.6) is 5.75 Å². The van der Waals surface area contributed by atoms with Crippen LogP contribution < -0.4 is 15.4 Å². The fraction of sp³-hybridized carbons (Fsp3) is 0.278. The summed E-state index contributed by atoms with van der Waals surface area (Å²) in [5.74, 6) is 0.707. The molecule has 22 heavy (non-hydrogen) atoms. The number of carbonyl (C=O) groups is 1. The number of hydrogen-bond acceptors (Lipinski definition) is 3. The largest absolute Gasteiger partial charge is 0.479 e. The maximum Gasteiger partial charge on any atom is 0.268 e. The quantitative estimate of drug-likeness (QED) is 0.947. The minimum Gasteiger partial charge on any atom is -0.479 e. The molecule has 2 N–H and O–H groups in total. The summed E-state index contributed by atoms with van der Waals surface area (Å²) in [6.07, 6.45) is -0.471. The molecule has 0 saturated heterocycles. The number of hydrogen-bond donors (Lipinski definition) is 1. The zero-order chi connectivity index (χ0) is 15.7. The topological polar surface area (TPSA) is 55.6 Å². The molecular weight excluding hydrogens is 276 g/mol. The Hall–Kier alpha value is -2.33. The number of ether oxygens (including phenoxy) is 1. The Bertz CT molecular complexity index is 695. The van der Waals surface area contributed by atoms with Gasteiger partial charge in [0.05, 0.1) is 12.2 Å². The van der Waals surface area contributed by atoms with Gasteiger partial charge >= 0.3 is 0 Å². The van der Waals surface area contributed by atoms with Crippen LogP contribution in [0.2, 0.25) is 0 Å². The van der Waals surface area contributed by atoms with Crippen molar-refractivity contribution < 1.29 is 9.53 Å². The van der Waals surface area contributed by atoms with E-state index in [1.54, 1.807) is 11.8 Å². The zero-order valence-corrected chi connectivity index (χ0v) is 12.9. The Morgan fingerprint density at radius 3 is 2.50 bits per heavy atom. The predicted octanol–water partition coefficient (Wildman–Crippen LogP) is 2.77. The molecule has 1 atom stereocenters. The molecule has 1 heterocycles. The van der Waals surface area contributed by atoms with Crippen molar-refractivity contribution in [3.05, 3.63) is 59.2 Å². The van der Waals surface area contributed by atoms with E-state index in [1.165, 1.54) is 5.56 Å². The molecule has 0 spiro atoms. The van der Waals surface area contributed by atoms with E-state index in [0.717, 1.165) is 22.6 Å². The van der Waals surface area contributed by atoms with Crippen LogP contribution in [0.25, 0.3) is 0 Å². The van der Waals surface area contributed by atoms with E-state index in [1.807, 2.05) is 18.2 Å². The van der Waals surface area contributed by atoms with E-state index in [2.05, 4.69) is 31.2 Å². The van der Waals surface area contributed by atoms with Gasteiger partial charge in [-0.25, -0.2) is 0 Å². The van der Waals surface area contributed by atoms with Gasteiger partial charge in [-0.1, -0.05) is 35.9 Å². The first-order chi connectivity index (χ1) is 10.6. The molecule has 4 heteroatoms. The Kier molecular flexibility index (Phi) is 3.86. The fourth-order valence-electron chi connectivity index (χ4n) is 2.62. The van der Waals surface area contributed by atoms with Crippen LogP contribution in [0.3, 0.4) is 0 Å². The van der Waals surface area contributed by atoms with Gasteiger partial charge in [0, 0.05) is 6.54 Å². The lowest BCUT2D eigenvalue weighted by atomic mass is 10.1. The third kappa shape index (κ3) is 2.70. The summed E-state index contributed by atoms with van der Waals surface area (Å²) >= 11 is 0. The van der Waals surface area contributed by atoms with E-state index in [4.69, 9.17) is 10.5 Å². The van der Waals surface area contributed by atoms with Gasteiger partial charge in [0.2, 0.25) is 0 Å². The van der Waals surface area contributed by atoms with Crippen LogP contribution in [0.4, 0.5) is 5.69 Å². The first-order valence-electron chi connectivity index (χ1n) is 7.45. The van der Waals surface area contributed by atoms with Gasteiger partial charge in [-0.3, -0.25) is 4.79 Å². The van der Waals surface area contributed by atoms with Crippen LogP contribution in [-0.4, -0.2) is 12.0 Å². The predicted molar refractivity (Wildman–Crippen MR) is 86.8 cm³/mol. The van der Waals surface area contributed by atoms with Crippen LogP contribution in [-0.2, 0) is 17.9 Å². The van der Waals surface area contributed by atoms with Gasteiger partial charge in [-0.15, -0.1) is 0 Å². The number of fused-ring (bicyclic) bond motifs is 1. The van der Waals surface area contributed by atoms with Crippen molar-refractivity contribution in [2.24, 2.45) is 5.73 Å². The van der Waals surface area contributed by atoms with Crippen molar-refractivity contribution in [1.82, 2.24) is 0 Å². The van der Waals surface area contributed by atoms with Gasteiger partial charge in [0.25, 0.3) is 5.91 Å². The minimum absolute atomic E-state index is 0.0257. The summed E-state index contributed by atoms with van der Waals surface area (Å²) in [6.45, 7) is 4.81. The van der Waals surface area contributed by atoms with Crippen molar-refractivity contribution in [3.63, 3.8) is 0 Å². The van der Waals surface area contributed by atoms with Gasteiger partial charge in [0.15, 0.2) is 6.10 Å². The monoisotopic (exact) mass is 296 g/mol. The molecular formula is C18H20N2O2. The highest BCUT2D eigenvalue weighted by molar-refractivity contribution is 5.99. The van der Waals surface area contributed by atoms with Crippen molar-refractivity contribution in [2.75, 3.05) is 4.90 Å². The van der Waals surface area contributed by atoms with E-state index in [9.17, 15) is 4.79 Å². The highest BCUT2D eigenvalue weighted by atomic mass is 16.5. The number of carbonyl (C=O) groups excluding carboxylic acids is 1. The Morgan fingerprint density at radius 1 is 1.14 bits per heavy atom. The van der Waals surface area contributed by atoms with Crippen LogP contribution >= 0.6 is 0 Å². The average molecular weight is 296 g/mol. The lowest BCUT2D eigenvalue weighted by molar-refractivity contribution is -0.125. The summed E-state index contributed by atoms with van der Waals surface area (Å²) in [5.41, 5.74) is 9.80. The summed E-state index contributed by atoms with van der Waals surface area (Å²) < 4.78 is 5.70. The molecule has 1 aliphatic heterocycles. The number of aryl methyl sites for hydroxylation is 1. The van der Waals surface area contributed by atoms with E-state index >= 15 is 0 Å². The number of anilines is 1. The molecule has 0 aliphatic carbocycles.